The zero-order valence-corrected chi connectivity index (χ0v) is 14.9. The van der Waals surface area contributed by atoms with Crippen LogP contribution in [0.15, 0.2) is 30.3 Å². The van der Waals surface area contributed by atoms with Crippen LogP contribution in [-0.2, 0) is 0 Å². The Bertz CT molecular complexity index is 741. The number of para-hydroxylation sites is 1. The summed E-state index contributed by atoms with van der Waals surface area (Å²) in [4.78, 5) is 4.91. The van der Waals surface area contributed by atoms with Crippen LogP contribution in [0.1, 0.15) is 0 Å². The Morgan fingerprint density at radius 2 is 2.12 bits per heavy atom. The van der Waals surface area contributed by atoms with Gasteiger partial charge in [0.1, 0.15) is 5.75 Å². The molecule has 2 aliphatic rings. The van der Waals surface area contributed by atoms with E-state index in [4.69, 9.17) is 0 Å². The number of benzene rings is 1. The third-order valence-electron chi connectivity index (χ3n) is 4.74. The Balaban J connectivity index is 1.65. The molecule has 0 bridgehead atoms. The average Bonchev–Trinajstić information content (AvgIpc) is 2.62. The number of fused-ring (bicyclic) bond motifs is 3. The molecule has 0 aliphatic carbocycles. The number of hydrogen-bond donors (Lipinski definition) is 2. The number of aromatic nitrogens is 2. The van der Waals surface area contributed by atoms with Gasteiger partial charge in [-0.05, 0) is 18.2 Å². The van der Waals surface area contributed by atoms with Crippen LogP contribution in [0.25, 0.3) is 11.3 Å². The predicted octanol–water partition coefficient (Wildman–Crippen LogP) is 2.16. The number of nitrogens with zero attached hydrogens (tertiary/aromatic N) is 4. The van der Waals surface area contributed by atoms with E-state index in [1.54, 1.807) is 6.07 Å². The molecule has 0 unspecified atom stereocenters. The first kappa shape index (κ1) is 15.7. The lowest BCUT2D eigenvalue weighted by atomic mass is 10.1. The molecule has 1 atom stereocenters. The minimum Gasteiger partial charge on any atom is -0.507 e. The van der Waals surface area contributed by atoms with E-state index >= 15 is 0 Å². The molecule has 2 aliphatic heterocycles. The molecule has 0 radical (unpaired) electrons. The van der Waals surface area contributed by atoms with Crippen LogP contribution in [0.4, 0.5) is 11.5 Å². The van der Waals surface area contributed by atoms with Gasteiger partial charge in [-0.25, -0.2) is 0 Å². The van der Waals surface area contributed by atoms with Crippen molar-refractivity contribution in [2.75, 3.05) is 48.3 Å². The lowest BCUT2D eigenvalue weighted by Gasteiger charge is -2.45. The van der Waals surface area contributed by atoms with Gasteiger partial charge >= 0.3 is 0 Å². The van der Waals surface area contributed by atoms with Crippen molar-refractivity contribution in [1.82, 2.24) is 15.1 Å². The second-order valence-corrected chi connectivity index (χ2v) is 6.99. The number of piperazine rings is 1. The Hall–Kier alpha value is -1.86. The molecule has 24 heavy (non-hydrogen) atoms. The monoisotopic (exact) mass is 389 g/mol. The van der Waals surface area contributed by atoms with Crippen LogP contribution < -0.4 is 10.2 Å². The van der Waals surface area contributed by atoms with Gasteiger partial charge in [-0.2, -0.15) is 0 Å². The molecular formula is C17H20BrN5O. The van der Waals surface area contributed by atoms with E-state index < -0.39 is 0 Å². The Morgan fingerprint density at radius 1 is 1.25 bits per heavy atom. The largest absolute Gasteiger partial charge is 0.507 e. The van der Waals surface area contributed by atoms with E-state index in [9.17, 15) is 5.11 Å². The number of phenolic OH excluding ortho intramolecular Hbond substituents is 1. The summed E-state index contributed by atoms with van der Waals surface area (Å²) in [5, 5.41) is 23.1. The van der Waals surface area contributed by atoms with Gasteiger partial charge in [0.2, 0.25) is 0 Å². The molecule has 0 amide bonds. The summed E-state index contributed by atoms with van der Waals surface area (Å²) < 4.78 is 0. The van der Waals surface area contributed by atoms with Crippen molar-refractivity contribution in [1.29, 1.82) is 0 Å². The molecule has 6 nitrogen and oxygen atoms in total. The highest BCUT2D eigenvalue weighted by Crippen LogP contribution is 2.35. The zero-order valence-electron chi connectivity index (χ0n) is 13.3. The Labute approximate surface area is 149 Å². The molecule has 0 saturated carbocycles. The standard InChI is InChI=1S/C17H20BrN5O/c18-5-6-22-7-8-23-12(11-22)10-19-17-15(23)9-14(20-21-17)13-3-1-2-4-16(13)24/h1-4,9,12,24H,5-8,10-11H2,(H,19,21)/t12-/m0/s1. The second kappa shape index (κ2) is 6.57. The van der Waals surface area contributed by atoms with Gasteiger partial charge in [-0.15, -0.1) is 10.2 Å². The maximum Gasteiger partial charge on any atom is 0.172 e. The van der Waals surface area contributed by atoms with Gasteiger partial charge in [-0.3, -0.25) is 4.90 Å². The summed E-state index contributed by atoms with van der Waals surface area (Å²) in [7, 11) is 0. The lowest BCUT2D eigenvalue weighted by molar-refractivity contribution is 0.237. The maximum absolute atomic E-state index is 10.1. The highest BCUT2D eigenvalue weighted by molar-refractivity contribution is 9.09. The number of nitrogens with one attached hydrogen (secondary N) is 1. The molecule has 2 N–H and O–H groups in total. The fraction of sp³-hybridized carbons (Fsp3) is 0.412. The summed E-state index contributed by atoms with van der Waals surface area (Å²) in [6.45, 7) is 5.05. The zero-order chi connectivity index (χ0) is 16.5. The normalized spacial score (nSPS) is 20.2. The van der Waals surface area contributed by atoms with E-state index in [1.165, 1.54) is 0 Å². The topological polar surface area (TPSA) is 64.5 Å². The molecule has 4 rings (SSSR count). The first-order valence-electron chi connectivity index (χ1n) is 8.21. The fourth-order valence-electron chi connectivity index (χ4n) is 3.50. The van der Waals surface area contributed by atoms with E-state index in [-0.39, 0.29) is 5.75 Å². The molecule has 1 saturated heterocycles. The quantitative estimate of drug-likeness (QED) is 0.784. The van der Waals surface area contributed by atoms with Crippen LogP contribution in [-0.4, -0.2) is 64.3 Å². The SMILES string of the molecule is Oc1ccccc1-c1cc2c(nn1)NC[C@H]1CN(CCBr)CCN21. The highest BCUT2D eigenvalue weighted by Gasteiger charge is 2.32. The Kier molecular flexibility index (Phi) is 4.28. The van der Waals surface area contributed by atoms with Crippen molar-refractivity contribution in [3.63, 3.8) is 0 Å². The summed E-state index contributed by atoms with van der Waals surface area (Å²) in [5.74, 6) is 1.06. The van der Waals surface area contributed by atoms with Crippen LogP contribution in [0.3, 0.4) is 0 Å². The molecule has 7 heteroatoms. The number of halogens is 1. The predicted molar refractivity (Wildman–Crippen MR) is 99.0 cm³/mol. The molecule has 2 aromatic rings. The number of rotatable bonds is 3. The van der Waals surface area contributed by atoms with Gasteiger partial charge in [0.15, 0.2) is 5.82 Å². The van der Waals surface area contributed by atoms with Gasteiger partial charge in [0, 0.05) is 43.6 Å². The van der Waals surface area contributed by atoms with Gasteiger partial charge in [0.25, 0.3) is 0 Å². The highest BCUT2D eigenvalue weighted by atomic mass is 79.9. The molecule has 1 aromatic heterocycles. The van der Waals surface area contributed by atoms with E-state index in [0.717, 1.165) is 49.6 Å². The van der Waals surface area contributed by atoms with Crippen LogP contribution in [0.5, 0.6) is 5.75 Å². The molecular weight excluding hydrogens is 370 g/mol. The minimum absolute atomic E-state index is 0.231. The summed E-state index contributed by atoms with van der Waals surface area (Å²) in [5.41, 5.74) is 2.50. The van der Waals surface area contributed by atoms with Crippen molar-refractivity contribution in [3.8, 4) is 17.0 Å². The fourth-order valence-corrected chi connectivity index (χ4v) is 4.00. The number of alkyl halides is 1. The van der Waals surface area contributed by atoms with E-state index in [0.29, 0.717) is 17.3 Å². The maximum atomic E-state index is 10.1. The number of hydrogen-bond acceptors (Lipinski definition) is 6. The van der Waals surface area contributed by atoms with Crippen LogP contribution in [0.2, 0.25) is 0 Å². The molecule has 1 fully saturated rings. The number of anilines is 2. The van der Waals surface area contributed by atoms with Crippen LogP contribution >= 0.6 is 15.9 Å². The third kappa shape index (κ3) is 2.82. The van der Waals surface area contributed by atoms with Crippen molar-refractivity contribution < 1.29 is 5.11 Å². The van der Waals surface area contributed by atoms with Gasteiger partial charge < -0.3 is 15.3 Å². The van der Waals surface area contributed by atoms with Crippen molar-refractivity contribution >= 4 is 27.4 Å². The Morgan fingerprint density at radius 3 is 2.96 bits per heavy atom. The van der Waals surface area contributed by atoms with Crippen molar-refractivity contribution in [2.24, 2.45) is 0 Å². The first-order chi connectivity index (χ1) is 11.8. The summed E-state index contributed by atoms with van der Waals surface area (Å²) in [6.07, 6.45) is 0. The third-order valence-corrected chi connectivity index (χ3v) is 5.09. The number of aromatic hydroxyl groups is 1. The molecule has 3 heterocycles. The lowest BCUT2D eigenvalue weighted by Crippen LogP contribution is -2.58. The average molecular weight is 390 g/mol. The van der Waals surface area contributed by atoms with E-state index in [1.807, 2.05) is 24.3 Å². The van der Waals surface area contributed by atoms with Gasteiger partial charge in [-0.1, -0.05) is 28.1 Å². The summed E-state index contributed by atoms with van der Waals surface area (Å²) in [6, 6.07) is 9.73. The minimum atomic E-state index is 0.231. The van der Waals surface area contributed by atoms with E-state index in [2.05, 4.69) is 41.2 Å². The van der Waals surface area contributed by atoms with Crippen molar-refractivity contribution in [2.45, 2.75) is 6.04 Å². The molecule has 0 spiro atoms. The first-order valence-corrected chi connectivity index (χ1v) is 9.33. The van der Waals surface area contributed by atoms with Crippen molar-refractivity contribution in [3.05, 3.63) is 30.3 Å². The second-order valence-electron chi connectivity index (χ2n) is 6.20. The van der Waals surface area contributed by atoms with Crippen LogP contribution in [0, 0.1) is 0 Å². The molecule has 126 valence electrons. The van der Waals surface area contributed by atoms with Gasteiger partial charge in [0.05, 0.1) is 17.4 Å². The smallest absolute Gasteiger partial charge is 0.172 e. The number of phenols is 1. The summed E-state index contributed by atoms with van der Waals surface area (Å²) >= 11 is 3.53. The molecule has 1 aromatic carbocycles.